The predicted molar refractivity (Wildman–Crippen MR) is 128 cm³/mol. The van der Waals surface area contributed by atoms with Crippen LogP contribution in [0, 0.1) is 0 Å². The molecule has 4 rings (SSSR count). The van der Waals surface area contributed by atoms with Crippen LogP contribution < -0.4 is 10.9 Å². The van der Waals surface area contributed by atoms with Crippen molar-refractivity contribution >= 4 is 34.0 Å². The van der Waals surface area contributed by atoms with E-state index in [1.807, 2.05) is 41.8 Å². The van der Waals surface area contributed by atoms with Gasteiger partial charge in [-0.15, -0.1) is 23.1 Å². The van der Waals surface area contributed by atoms with E-state index in [0.717, 1.165) is 6.42 Å². The first-order valence-corrected chi connectivity index (χ1v) is 12.1. The molecule has 0 radical (unpaired) electrons. The predicted octanol–water partition coefficient (Wildman–Crippen LogP) is 4.33. The van der Waals surface area contributed by atoms with Crippen LogP contribution in [0.4, 0.5) is 0 Å². The molecule has 0 fully saturated rings. The second kappa shape index (κ2) is 10.4. The first-order chi connectivity index (χ1) is 15.2. The van der Waals surface area contributed by atoms with E-state index >= 15 is 0 Å². The molecular formula is C24H23N3O2S2. The average Bonchev–Trinajstić information content (AvgIpc) is 3.27. The van der Waals surface area contributed by atoms with Crippen LogP contribution in [0.1, 0.15) is 29.2 Å². The molecule has 2 heterocycles. The van der Waals surface area contributed by atoms with Gasteiger partial charge in [0.05, 0.1) is 11.4 Å². The van der Waals surface area contributed by atoms with E-state index in [2.05, 4.69) is 34.6 Å². The lowest BCUT2D eigenvalue weighted by molar-refractivity contribution is -0.118. The number of fused-ring (bicyclic) bond motifs is 1. The van der Waals surface area contributed by atoms with E-state index in [-0.39, 0.29) is 17.4 Å². The summed E-state index contributed by atoms with van der Waals surface area (Å²) >= 11 is 2.90. The Kier molecular flexibility index (Phi) is 7.17. The molecule has 7 heteroatoms. The summed E-state index contributed by atoms with van der Waals surface area (Å²) in [4.78, 5) is 29.5. The number of carbonyl (C=O) groups excluding carboxylic acids is 1. The van der Waals surface area contributed by atoms with E-state index in [0.29, 0.717) is 28.7 Å². The Labute approximate surface area is 189 Å². The molecule has 0 unspecified atom stereocenters. The number of hydrogen-bond donors (Lipinski definition) is 1. The molecule has 0 aliphatic carbocycles. The number of hydrogen-bond acceptors (Lipinski definition) is 5. The average molecular weight is 450 g/mol. The molecule has 4 aromatic rings. The third kappa shape index (κ3) is 5.62. The van der Waals surface area contributed by atoms with Crippen molar-refractivity contribution in [2.24, 2.45) is 0 Å². The van der Waals surface area contributed by atoms with E-state index < -0.39 is 0 Å². The van der Waals surface area contributed by atoms with E-state index in [1.54, 1.807) is 6.20 Å². The maximum atomic E-state index is 12.3. The third-order valence-corrected chi connectivity index (χ3v) is 6.72. The topological polar surface area (TPSA) is 63.5 Å². The molecule has 0 bridgehead atoms. The number of carbonyl (C=O) groups is 1. The summed E-state index contributed by atoms with van der Waals surface area (Å²) in [6.07, 6.45) is 2.55. The normalized spacial score (nSPS) is 11.1. The Morgan fingerprint density at radius 1 is 1.06 bits per heavy atom. The number of amides is 1. The maximum absolute atomic E-state index is 12.3. The van der Waals surface area contributed by atoms with Crippen molar-refractivity contribution in [2.75, 3.05) is 12.3 Å². The Morgan fingerprint density at radius 3 is 2.42 bits per heavy atom. The third-order valence-electron chi connectivity index (χ3n) is 5.00. The minimum atomic E-state index is -0.0841. The molecule has 2 aromatic carbocycles. The fourth-order valence-corrected chi connectivity index (χ4v) is 5.00. The summed E-state index contributed by atoms with van der Waals surface area (Å²) < 4.78 is 1.53. The monoisotopic (exact) mass is 449 g/mol. The first kappa shape index (κ1) is 21.3. The van der Waals surface area contributed by atoms with Gasteiger partial charge in [-0.2, -0.15) is 0 Å². The number of aromatic nitrogens is 2. The molecule has 0 spiro atoms. The molecule has 0 atom stereocenters. The zero-order valence-electron chi connectivity index (χ0n) is 16.9. The molecule has 1 N–H and O–H groups in total. The van der Waals surface area contributed by atoms with Crippen LogP contribution in [0.5, 0.6) is 0 Å². The van der Waals surface area contributed by atoms with Gasteiger partial charge in [0.15, 0.2) is 4.96 Å². The van der Waals surface area contributed by atoms with Crippen molar-refractivity contribution in [2.45, 2.75) is 18.1 Å². The smallest absolute Gasteiger partial charge is 0.258 e. The second-order valence-corrected chi connectivity index (χ2v) is 9.01. The lowest BCUT2D eigenvalue weighted by Crippen LogP contribution is -2.27. The summed E-state index contributed by atoms with van der Waals surface area (Å²) in [5, 5.41) is 4.87. The molecule has 0 aliphatic heterocycles. The van der Waals surface area contributed by atoms with Gasteiger partial charge in [0.1, 0.15) is 0 Å². The minimum absolute atomic E-state index is 0.00111. The van der Waals surface area contributed by atoms with Crippen LogP contribution in [0.2, 0.25) is 0 Å². The molecular weight excluding hydrogens is 426 g/mol. The van der Waals surface area contributed by atoms with Crippen LogP contribution >= 0.6 is 23.1 Å². The van der Waals surface area contributed by atoms with Gasteiger partial charge >= 0.3 is 0 Å². The molecule has 2 aromatic heterocycles. The Bertz CT molecular complexity index is 1150. The fraction of sp³-hybridized carbons (Fsp3) is 0.208. The van der Waals surface area contributed by atoms with E-state index in [4.69, 9.17) is 0 Å². The van der Waals surface area contributed by atoms with Crippen molar-refractivity contribution in [1.82, 2.24) is 14.7 Å². The standard InChI is InChI=1S/C24H23N3O2S2/c28-22(17-30-16-20-15-23(29)27-13-14-31-24(27)26-20)25-12-11-21(18-7-3-1-4-8-18)19-9-5-2-6-10-19/h1-10,13-15,21H,11-12,16-17H2,(H,25,28). The Morgan fingerprint density at radius 2 is 1.74 bits per heavy atom. The van der Waals surface area contributed by atoms with Crippen molar-refractivity contribution in [3.05, 3.63) is 105 Å². The lowest BCUT2D eigenvalue weighted by Gasteiger charge is -2.18. The summed E-state index contributed by atoms with van der Waals surface area (Å²) in [5.41, 5.74) is 3.12. The van der Waals surface area contributed by atoms with Gasteiger partial charge in [-0.25, -0.2) is 4.98 Å². The largest absolute Gasteiger partial charge is 0.355 e. The van der Waals surface area contributed by atoms with E-state index in [1.165, 1.54) is 44.7 Å². The SMILES string of the molecule is O=C(CSCc1cc(=O)n2ccsc2n1)NCCC(c1ccccc1)c1ccccc1. The van der Waals surface area contributed by atoms with Gasteiger partial charge in [-0.3, -0.25) is 14.0 Å². The number of benzene rings is 2. The van der Waals surface area contributed by atoms with Gasteiger partial charge in [-0.1, -0.05) is 60.7 Å². The lowest BCUT2D eigenvalue weighted by atomic mass is 9.88. The summed E-state index contributed by atoms with van der Waals surface area (Å²) in [5.74, 6) is 1.12. The highest BCUT2D eigenvalue weighted by Gasteiger charge is 2.14. The number of thioether (sulfide) groups is 1. The quantitative estimate of drug-likeness (QED) is 0.413. The highest BCUT2D eigenvalue weighted by atomic mass is 32.2. The summed E-state index contributed by atoms with van der Waals surface area (Å²) in [6.45, 7) is 0.606. The number of rotatable bonds is 9. The molecule has 31 heavy (non-hydrogen) atoms. The molecule has 158 valence electrons. The molecule has 0 saturated heterocycles. The Hall–Kier alpha value is -2.90. The number of thiazole rings is 1. The fourth-order valence-electron chi connectivity index (χ4n) is 3.51. The summed E-state index contributed by atoms with van der Waals surface area (Å²) in [7, 11) is 0. The van der Waals surface area contributed by atoms with Crippen LogP contribution in [0.3, 0.4) is 0 Å². The van der Waals surface area contributed by atoms with Crippen LogP contribution in [0.25, 0.3) is 4.96 Å². The van der Waals surface area contributed by atoms with Crippen molar-refractivity contribution < 1.29 is 4.79 Å². The number of nitrogens with one attached hydrogen (secondary N) is 1. The maximum Gasteiger partial charge on any atom is 0.258 e. The number of nitrogens with zero attached hydrogens (tertiary/aromatic N) is 2. The second-order valence-electron chi connectivity index (χ2n) is 7.15. The molecule has 0 saturated carbocycles. The van der Waals surface area contributed by atoms with Crippen molar-refractivity contribution in [3.8, 4) is 0 Å². The van der Waals surface area contributed by atoms with Crippen LogP contribution in [-0.4, -0.2) is 27.6 Å². The zero-order chi connectivity index (χ0) is 21.5. The van der Waals surface area contributed by atoms with Crippen LogP contribution in [-0.2, 0) is 10.5 Å². The molecule has 0 aliphatic rings. The van der Waals surface area contributed by atoms with Crippen molar-refractivity contribution in [1.29, 1.82) is 0 Å². The van der Waals surface area contributed by atoms with Gasteiger partial charge in [0.25, 0.3) is 5.56 Å². The first-order valence-electron chi connectivity index (χ1n) is 10.1. The van der Waals surface area contributed by atoms with Gasteiger partial charge < -0.3 is 5.32 Å². The van der Waals surface area contributed by atoms with Gasteiger partial charge in [-0.05, 0) is 17.5 Å². The van der Waals surface area contributed by atoms with Crippen LogP contribution in [0.15, 0.2) is 83.1 Å². The van der Waals surface area contributed by atoms with Crippen molar-refractivity contribution in [3.63, 3.8) is 0 Å². The highest BCUT2D eigenvalue weighted by Crippen LogP contribution is 2.27. The highest BCUT2D eigenvalue weighted by molar-refractivity contribution is 7.99. The van der Waals surface area contributed by atoms with Gasteiger partial charge in [0.2, 0.25) is 5.91 Å². The molecule has 1 amide bonds. The minimum Gasteiger partial charge on any atom is -0.355 e. The van der Waals surface area contributed by atoms with Gasteiger partial charge in [0, 0.05) is 35.9 Å². The summed E-state index contributed by atoms with van der Waals surface area (Å²) in [6, 6.07) is 22.3. The van der Waals surface area contributed by atoms with E-state index in [9.17, 15) is 9.59 Å². The zero-order valence-corrected chi connectivity index (χ0v) is 18.6. The Balaban J connectivity index is 1.28. The molecule has 5 nitrogen and oxygen atoms in total.